The van der Waals surface area contributed by atoms with Gasteiger partial charge in [-0.05, 0) is 80.5 Å². The Balaban J connectivity index is 1.24. The number of pyridine rings is 1. The van der Waals surface area contributed by atoms with Crippen LogP contribution >= 0.6 is 0 Å². The quantitative estimate of drug-likeness (QED) is 0.433. The molecule has 0 radical (unpaired) electrons. The molecule has 3 aromatic rings. The van der Waals surface area contributed by atoms with Gasteiger partial charge in [0.1, 0.15) is 11.5 Å². The van der Waals surface area contributed by atoms with Gasteiger partial charge in [-0.25, -0.2) is 10.2 Å². The molecule has 2 aromatic carbocycles. The Kier molecular flexibility index (Phi) is 8.03. The predicted molar refractivity (Wildman–Crippen MR) is 134 cm³/mol. The zero-order valence-corrected chi connectivity index (χ0v) is 20.1. The number of methoxy groups -OCH3 is 1. The first kappa shape index (κ1) is 24.3. The molecule has 0 bridgehead atoms. The maximum atomic E-state index is 12.4. The summed E-state index contributed by atoms with van der Waals surface area (Å²) in [5, 5.41) is 4.04. The second-order valence-corrected chi connectivity index (χ2v) is 8.78. The molecule has 1 aliphatic carbocycles. The molecule has 4 rings (SSSR count). The topological polar surface area (TPSA) is 102 Å². The number of amides is 3. The average molecular weight is 477 g/mol. The largest absolute Gasteiger partial charge is 0.497 e. The van der Waals surface area contributed by atoms with Crippen LogP contribution in [-0.4, -0.2) is 36.2 Å². The Hall–Kier alpha value is -3.81. The van der Waals surface area contributed by atoms with Gasteiger partial charge in [-0.2, -0.15) is 0 Å². The summed E-state index contributed by atoms with van der Waals surface area (Å²) in [6, 6.07) is 16.2. The van der Waals surface area contributed by atoms with Crippen molar-refractivity contribution in [1.82, 2.24) is 21.2 Å². The smallest absolute Gasteiger partial charge is 0.333 e. The summed E-state index contributed by atoms with van der Waals surface area (Å²) in [5.74, 6) is 1.50. The third-order valence-corrected chi connectivity index (χ3v) is 6.59. The molecule has 8 heteroatoms. The highest BCUT2D eigenvalue weighted by atomic mass is 16.5. The Bertz CT molecular complexity index is 1140. The van der Waals surface area contributed by atoms with E-state index in [1.807, 2.05) is 30.3 Å². The molecular weight excluding hydrogens is 444 g/mol. The number of fused-ring (bicyclic) bond motifs is 1. The number of hydrogen-bond acceptors (Lipinski definition) is 5. The molecule has 1 atom stereocenters. The van der Waals surface area contributed by atoms with E-state index in [4.69, 9.17) is 9.47 Å². The lowest BCUT2D eigenvalue weighted by Gasteiger charge is -2.34. The second-order valence-electron chi connectivity index (χ2n) is 8.78. The summed E-state index contributed by atoms with van der Waals surface area (Å²) in [6.07, 6.45) is 6.52. The van der Waals surface area contributed by atoms with Crippen LogP contribution in [0.4, 0.5) is 4.79 Å². The number of urea groups is 1. The third-order valence-electron chi connectivity index (χ3n) is 6.59. The monoisotopic (exact) mass is 476 g/mol. The van der Waals surface area contributed by atoms with E-state index in [1.54, 1.807) is 37.6 Å². The molecule has 1 heterocycles. The number of hydrazine groups is 1. The van der Waals surface area contributed by atoms with Crippen LogP contribution in [0.15, 0.2) is 60.8 Å². The van der Waals surface area contributed by atoms with E-state index in [2.05, 4.69) is 28.1 Å². The number of para-hydroxylation sites is 1. The first-order chi connectivity index (χ1) is 17.1. The maximum absolute atomic E-state index is 12.4. The summed E-state index contributed by atoms with van der Waals surface area (Å²) in [4.78, 5) is 29.1. The fourth-order valence-corrected chi connectivity index (χ4v) is 4.65. The molecule has 1 aromatic heterocycles. The normalized spacial score (nSPS) is 18.3. The molecule has 0 aliphatic heterocycles. The highest BCUT2D eigenvalue weighted by molar-refractivity contribution is 5.95. The van der Waals surface area contributed by atoms with Crippen molar-refractivity contribution in [2.75, 3.05) is 7.11 Å². The van der Waals surface area contributed by atoms with Crippen LogP contribution in [0, 0.1) is 5.92 Å². The summed E-state index contributed by atoms with van der Waals surface area (Å²) < 4.78 is 11.4. The van der Waals surface area contributed by atoms with E-state index >= 15 is 0 Å². The van der Waals surface area contributed by atoms with Gasteiger partial charge in [0.15, 0.2) is 0 Å². The van der Waals surface area contributed by atoms with Gasteiger partial charge in [0.2, 0.25) is 0 Å². The Labute approximate surface area is 205 Å². The lowest BCUT2D eigenvalue weighted by molar-refractivity contribution is 0.0933. The van der Waals surface area contributed by atoms with Crippen molar-refractivity contribution < 1.29 is 19.1 Å². The maximum Gasteiger partial charge on any atom is 0.333 e. The number of benzene rings is 2. The minimum atomic E-state index is -0.416. The van der Waals surface area contributed by atoms with Gasteiger partial charge in [0, 0.05) is 23.2 Å². The zero-order valence-electron chi connectivity index (χ0n) is 20.1. The average Bonchev–Trinajstić information content (AvgIpc) is 2.91. The van der Waals surface area contributed by atoms with Gasteiger partial charge in [0.25, 0.3) is 5.91 Å². The molecule has 3 N–H and O–H groups in total. The van der Waals surface area contributed by atoms with Gasteiger partial charge in [-0.1, -0.05) is 19.1 Å². The van der Waals surface area contributed by atoms with E-state index < -0.39 is 11.9 Å². The van der Waals surface area contributed by atoms with E-state index in [0.717, 1.165) is 48.8 Å². The number of rotatable bonds is 7. The molecule has 1 unspecified atom stereocenters. The predicted octanol–water partition coefficient (Wildman–Crippen LogP) is 4.60. The molecule has 0 spiro atoms. The summed E-state index contributed by atoms with van der Waals surface area (Å²) in [6.45, 7) is 2.06. The summed E-state index contributed by atoms with van der Waals surface area (Å²) in [5.41, 5.74) is 6.27. The van der Waals surface area contributed by atoms with Crippen molar-refractivity contribution in [3.63, 3.8) is 0 Å². The first-order valence-electron chi connectivity index (χ1n) is 12.1. The Morgan fingerprint density at radius 3 is 2.46 bits per heavy atom. The van der Waals surface area contributed by atoms with E-state index in [9.17, 15) is 9.59 Å². The molecule has 1 aliphatic rings. The van der Waals surface area contributed by atoms with Gasteiger partial charge in [-0.3, -0.25) is 15.2 Å². The van der Waals surface area contributed by atoms with Crippen LogP contribution in [-0.2, 0) is 0 Å². The van der Waals surface area contributed by atoms with Crippen molar-refractivity contribution >= 4 is 22.8 Å². The van der Waals surface area contributed by atoms with E-state index in [-0.39, 0.29) is 12.1 Å². The van der Waals surface area contributed by atoms with Gasteiger partial charge >= 0.3 is 6.03 Å². The molecule has 1 saturated carbocycles. The van der Waals surface area contributed by atoms with Crippen molar-refractivity contribution in [1.29, 1.82) is 0 Å². The molecule has 1 fully saturated rings. The number of hydrogen-bond donors (Lipinski definition) is 3. The number of carbonyl (C=O) groups is 2. The van der Waals surface area contributed by atoms with E-state index in [0.29, 0.717) is 17.2 Å². The summed E-state index contributed by atoms with van der Waals surface area (Å²) in [7, 11) is 1.56. The number of aromatic nitrogens is 1. The molecule has 3 amide bonds. The minimum absolute atomic E-state index is 0.0237. The number of nitrogens with one attached hydrogen (secondary N) is 3. The van der Waals surface area contributed by atoms with Crippen molar-refractivity contribution in [3.8, 4) is 11.5 Å². The van der Waals surface area contributed by atoms with Crippen LogP contribution in [0.3, 0.4) is 0 Å². The fraction of sp³-hybridized carbons (Fsp3) is 0.370. The van der Waals surface area contributed by atoms with Crippen LogP contribution in [0.5, 0.6) is 11.5 Å². The molecule has 8 nitrogen and oxygen atoms in total. The second kappa shape index (κ2) is 11.6. The SMILES string of the molecule is CCC(NC(=O)NNC(=O)c1ccc(OC)cc1)C1CCC(Oc2ccnc3ccccc23)CC1. The van der Waals surface area contributed by atoms with Crippen LogP contribution in [0.2, 0.25) is 0 Å². The van der Waals surface area contributed by atoms with Crippen molar-refractivity contribution in [3.05, 3.63) is 66.4 Å². The number of nitrogens with zero attached hydrogens (tertiary/aromatic N) is 1. The van der Waals surface area contributed by atoms with Gasteiger partial charge in [0.05, 0.1) is 18.7 Å². The molecular formula is C27H32N4O4. The highest BCUT2D eigenvalue weighted by Crippen LogP contribution is 2.32. The number of ether oxygens (including phenoxy) is 2. The van der Waals surface area contributed by atoms with Crippen LogP contribution in [0.1, 0.15) is 49.4 Å². The standard InChI is InChI=1S/C27H32N4O4/c1-3-23(29-27(33)31-30-26(32)19-10-12-20(34-2)13-11-19)18-8-14-21(15-9-18)35-25-16-17-28-24-7-5-4-6-22(24)25/h4-7,10-13,16-18,21,23H,3,8-9,14-15H2,1-2H3,(H,30,32)(H2,29,31,33). The van der Waals surface area contributed by atoms with Crippen LogP contribution in [0.25, 0.3) is 10.9 Å². The van der Waals surface area contributed by atoms with Gasteiger partial charge in [-0.15, -0.1) is 0 Å². The molecule has 35 heavy (non-hydrogen) atoms. The highest BCUT2D eigenvalue weighted by Gasteiger charge is 2.29. The summed E-state index contributed by atoms with van der Waals surface area (Å²) >= 11 is 0. The first-order valence-corrected chi connectivity index (χ1v) is 12.1. The molecule has 184 valence electrons. The lowest BCUT2D eigenvalue weighted by atomic mass is 9.81. The minimum Gasteiger partial charge on any atom is -0.497 e. The zero-order chi connectivity index (χ0) is 24.6. The molecule has 0 saturated heterocycles. The van der Waals surface area contributed by atoms with Crippen molar-refractivity contribution in [2.45, 2.75) is 51.2 Å². The Morgan fingerprint density at radius 1 is 1.00 bits per heavy atom. The van der Waals surface area contributed by atoms with Crippen LogP contribution < -0.4 is 25.6 Å². The fourth-order valence-electron chi connectivity index (χ4n) is 4.65. The van der Waals surface area contributed by atoms with E-state index in [1.165, 1.54) is 0 Å². The lowest BCUT2D eigenvalue weighted by Crippen LogP contribution is -2.51. The van der Waals surface area contributed by atoms with Gasteiger partial charge < -0.3 is 14.8 Å². The third kappa shape index (κ3) is 6.20. The Morgan fingerprint density at radius 2 is 1.74 bits per heavy atom. The number of carbonyl (C=O) groups excluding carboxylic acids is 2. The van der Waals surface area contributed by atoms with Crippen molar-refractivity contribution in [2.24, 2.45) is 5.92 Å².